The molecule has 0 rings (SSSR count). The zero-order chi connectivity index (χ0) is 10.9. The van der Waals surface area contributed by atoms with Crippen LogP contribution in [0, 0.1) is 22.7 Å². The van der Waals surface area contributed by atoms with Gasteiger partial charge < -0.3 is 0 Å². The second-order valence-electron chi connectivity index (χ2n) is 6.00. The minimum Gasteiger partial charge on any atom is -0.0651 e. The maximum Gasteiger partial charge on any atom is -0.0229 e. The van der Waals surface area contributed by atoms with E-state index in [-0.39, 0.29) is 0 Å². The van der Waals surface area contributed by atoms with Crippen molar-refractivity contribution in [3.63, 3.8) is 0 Å². The fourth-order valence-electron chi connectivity index (χ4n) is 2.60. The average Bonchev–Trinajstić information content (AvgIpc) is 1.98. The molecular weight excluding hydrogens is 156 g/mol. The molecule has 0 aliphatic rings. The predicted molar refractivity (Wildman–Crippen MR) is 61.9 cm³/mol. The molecule has 0 saturated carbocycles. The van der Waals surface area contributed by atoms with Crippen molar-refractivity contribution in [2.75, 3.05) is 0 Å². The van der Waals surface area contributed by atoms with E-state index in [0.29, 0.717) is 10.8 Å². The topological polar surface area (TPSA) is 0 Å². The van der Waals surface area contributed by atoms with Crippen LogP contribution in [0.5, 0.6) is 0 Å². The van der Waals surface area contributed by atoms with Gasteiger partial charge in [0.15, 0.2) is 0 Å². The van der Waals surface area contributed by atoms with Gasteiger partial charge >= 0.3 is 0 Å². The van der Waals surface area contributed by atoms with E-state index in [1.54, 1.807) is 0 Å². The third-order valence-corrected chi connectivity index (χ3v) is 4.45. The van der Waals surface area contributed by atoms with Gasteiger partial charge in [0.1, 0.15) is 0 Å². The monoisotopic (exact) mass is 184 g/mol. The van der Waals surface area contributed by atoms with Crippen molar-refractivity contribution in [1.29, 1.82) is 0 Å². The van der Waals surface area contributed by atoms with Crippen LogP contribution in [0.1, 0.15) is 61.8 Å². The van der Waals surface area contributed by atoms with Crippen LogP contribution in [-0.4, -0.2) is 0 Å². The molecule has 0 amide bonds. The summed E-state index contributed by atoms with van der Waals surface area (Å²) in [7, 11) is 0. The summed E-state index contributed by atoms with van der Waals surface area (Å²) in [5, 5.41) is 0. The van der Waals surface area contributed by atoms with Gasteiger partial charge in [-0.25, -0.2) is 0 Å². The van der Waals surface area contributed by atoms with Crippen molar-refractivity contribution >= 4 is 0 Å². The quantitative estimate of drug-likeness (QED) is 0.594. The third kappa shape index (κ3) is 2.27. The van der Waals surface area contributed by atoms with Crippen LogP contribution in [-0.2, 0) is 0 Å². The van der Waals surface area contributed by atoms with Crippen molar-refractivity contribution in [1.82, 2.24) is 0 Å². The predicted octanol–water partition coefficient (Wildman–Crippen LogP) is 4.74. The molecular formula is C13H28. The van der Waals surface area contributed by atoms with E-state index in [9.17, 15) is 0 Å². The van der Waals surface area contributed by atoms with E-state index in [0.717, 1.165) is 11.8 Å². The van der Waals surface area contributed by atoms with E-state index in [2.05, 4.69) is 55.4 Å². The van der Waals surface area contributed by atoms with E-state index in [1.165, 1.54) is 6.42 Å². The van der Waals surface area contributed by atoms with Crippen LogP contribution in [0.4, 0.5) is 0 Å². The van der Waals surface area contributed by atoms with E-state index in [4.69, 9.17) is 0 Å². The highest BCUT2D eigenvalue weighted by Gasteiger charge is 2.43. The molecule has 0 heteroatoms. The Labute approximate surface area is 85.1 Å². The summed E-state index contributed by atoms with van der Waals surface area (Å²) in [6.07, 6.45) is 1.28. The first kappa shape index (κ1) is 13.0. The molecule has 0 aromatic carbocycles. The number of rotatable bonds is 3. The average molecular weight is 184 g/mol. The van der Waals surface area contributed by atoms with Crippen molar-refractivity contribution in [3.8, 4) is 0 Å². The lowest BCUT2D eigenvalue weighted by molar-refractivity contribution is -0.00803. The Hall–Kier alpha value is 0. The summed E-state index contributed by atoms with van der Waals surface area (Å²) in [6, 6.07) is 0. The molecule has 0 aromatic rings. The van der Waals surface area contributed by atoms with E-state index >= 15 is 0 Å². The summed E-state index contributed by atoms with van der Waals surface area (Å²) in [5.74, 6) is 1.55. The normalized spacial score (nSPS) is 20.1. The highest BCUT2D eigenvalue weighted by Crippen LogP contribution is 2.50. The first-order valence-corrected chi connectivity index (χ1v) is 5.67. The largest absolute Gasteiger partial charge is 0.0651 e. The lowest BCUT2D eigenvalue weighted by atomic mass is 9.55. The molecule has 0 radical (unpaired) electrons. The van der Waals surface area contributed by atoms with Crippen molar-refractivity contribution in [2.24, 2.45) is 22.7 Å². The molecule has 0 N–H and O–H groups in total. The molecule has 0 aliphatic carbocycles. The van der Waals surface area contributed by atoms with Gasteiger partial charge in [-0.15, -0.1) is 0 Å². The Balaban J connectivity index is 4.96. The summed E-state index contributed by atoms with van der Waals surface area (Å²) < 4.78 is 0. The fourth-order valence-corrected chi connectivity index (χ4v) is 2.60. The van der Waals surface area contributed by atoms with Gasteiger partial charge in [0.25, 0.3) is 0 Å². The maximum atomic E-state index is 2.45. The van der Waals surface area contributed by atoms with Gasteiger partial charge in [-0.1, -0.05) is 61.8 Å². The second-order valence-corrected chi connectivity index (χ2v) is 6.00. The molecule has 2 unspecified atom stereocenters. The molecule has 80 valence electrons. The molecule has 0 nitrogen and oxygen atoms in total. The highest BCUT2D eigenvalue weighted by atomic mass is 14.5. The van der Waals surface area contributed by atoms with E-state index in [1.807, 2.05) is 0 Å². The zero-order valence-electron chi connectivity index (χ0n) is 10.9. The highest BCUT2D eigenvalue weighted by molar-refractivity contribution is 4.92. The summed E-state index contributed by atoms with van der Waals surface area (Å²) in [4.78, 5) is 0. The summed E-state index contributed by atoms with van der Waals surface area (Å²) in [6.45, 7) is 19.0. The Morgan fingerprint density at radius 1 is 0.923 bits per heavy atom. The lowest BCUT2D eigenvalue weighted by Crippen LogP contribution is -2.42. The van der Waals surface area contributed by atoms with E-state index < -0.39 is 0 Å². The van der Waals surface area contributed by atoms with Crippen molar-refractivity contribution in [3.05, 3.63) is 0 Å². The minimum absolute atomic E-state index is 0.399. The van der Waals surface area contributed by atoms with Crippen LogP contribution >= 0.6 is 0 Å². The van der Waals surface area contributed by atoms with Gasteiger partial charge in [0.05, 0.1) is 0 Å². The van der Waals surface area contributed by atoms with Gasteiger partial charge in [-0.3, -0.25) is 0 Å². The third-order valence-electron chi connectivity index (χ3n) is 4.45. The van der Waals surface area contributed by atoms with Crippen LogP contribution in [0.3, 0.4) is 0 Å². The molecule has 0 aromatic heterocycles. The second kappa shape index (κ2) is 4.02. The Morgan fingerprint density at radius 2 is 1.31 bits per heavy atom. The van der Waals surface area contributed by atoms with Crippen molar-refractivity contribution in [2.45, 2.75) is 61.8 Å². The molecule has 0 heterocycles. The van der Waals surface area contributed by atoms with Gasteiger partial charge in [0, 0.05) is 0 Å². The molecule has 0 fully saturated rings. The fraction of sp³-hybridized carbons (Fsp3) is 1.00. The molecule has 0 spiro atoms. The Bertz CT molecular complexity index is 150. The number of hydrogen-bond donors (Lipinski definition) is 0. The van der Waals surface area contributed by atoms with Crippen molar-refractivity contribution < 1.29 is 0 Å². The Morgan fingerprint density at radius 3 is 1.38 bits per heavy atom. The SMILES string of the molecule is CCC(C)C(C)(C(C)C)C(C)(C)C. The molecule has 13 heavy (non-hydrogen) atoms. The number of hydrogen-bond acceptors (Lipinski definition) is 0. The molecule has 0 bridgehead atoms. The molecule has 0 saturated heterocycles. The summed E-state index contributed by atoms with van der Waals surface area (Å²) in [5.41, 5.74) is 0.846. The lowest BCUT2D eigenvalue weighted by Gasteiger charge is -2.50. The van der Waals surface area contributed by atoms with Gasteiger partial charge in [-0.05, 0) is 22.7 Å². The van der Waals surface area contributed by atoms with Crippen LogP contribution in [0.2, 0.25) is 0 Å². The van der Waals surface area contributed by atoms with Gasteiger partial charge in [0.2, 0.25) is 0 Å². The molecule has 0 aliphatic heterocycles. The molecule has 2 atom stereocenters. The maximum absolute atomic E-state index is 2.45. The van der Waals surface area contributed by atoms with Crippen LogP contribution in [0.15, 0.2) is 0 Å². The Kier molecular flexibility index (Phi) is 4.02. The van der Waals surface area contributed by atoms with Crippen LogP contribution in [0.25, 0.3) is 0 Å². The first-order chi connectivity index (χ1) is 5.67. The summed E-state index contributed by atoms with van der Waals surface area (Å²) >= 11 is 0. The standard InChI is InChI=1S/C13H28/c1-9-11(4)13(8,10(2)3)12(5,6)7/h10-11H,9H2,1-8H3. The minimum atomic E-state index is 0.399. The van der Waals surface area contributed by atoms with Crippen LogP contribution < -0.4 is 0 Å². The van der Waals surface area contributed by atoms with Gasteiger partial charge in [-0.2, -0.15) is 0 Å². The first-order valence-electron chi connectivity index (χ1n) is 5.67. The zero-order valence-corrected chi connectivity index (χ0v) is 10.9. The smallest absolute Gasteiger partial charge is 0.0229 e.